The highest BCUT2D eigenvalue weighted by atomic mass is 79.9. The number of nitrogens with two attached hydrogens (primary N) is 1. The number of nitrogens with one attached hydrogen (secondary N) is 1. The van der Waals surface area contributed by atoms with E-state index in [1.807, 2.05) is 0 Å². The van der Waals surface area contributed by atoms with Crippen LogP contribution in [0.15, 0.2) is 38.3 Å². The van der Waals surface area contributed by atoms with Crippen LogP contribution in [-0.2, 0) is 23.6 Å². The molecule has 0 bridgehead atoms. The number of carbonyl (C=O) groups is 3. The first-order valence-electron chi connectivity index (χ1n) is 7.91. The van der Waals surface area contributed by atoms with Crippen LogP contribution in [0.2, 0.25) is 0 Å². The van der Waals surface area contributed by atoms with Crippen LogP contribution >= 0.6 is 15.9 Å². The van der Waals surface area contributed by atoms with Gasteiger partial charge in [0.15, 0.2) is 6.61 Å². The highest BCUT2D eigenvalue weighted by Crippen LogP contribution is 2.10. The van der Waals surface area contributed by atoms with Crippen LogP contribution in [0.5, 0.6) is 0 Å². The van der Waals surface area contributed by atoms with Crippen LogP contribution in [-0.4, -0.2) is 39.9 Å². The summed E-state index contributed by atoms with van der Waals surface area (Å²) in [4.78, 5) is 59.7. The number of nitrogens with zero attached hydrogens (tertiary/aromatic N) is 2. The summed E-state index contributed by atoms with van der Waals surface area (Å²) in [6.07, 6.45) is 0. The number of ether oxygens (including phenoxy) is 1. The van der Waals surface area contributed by atoms with Crippen molar-refractivity contribution in [1.29, 1.82) is 0 Å². The first kappa shape index (κ1) is 21.1. The van der Waals surface area contributed by atoms with E-state index in [0.29, 0.717) is 5.56 Å². The molecule has 10 nitrogen and oxygen atoms in total. The van der Waals surface area contributed by atoms with Crippen LogP contribution in [0.1, 0.15) is 20.7 Å². The summed E-state index contributed by atoms with van der Waals surface area (Å²) in [6, 6.07) is 6.47. The molecule has 28 heavy (non-hydrogen) atoms. The lowest BCUT2D eigenvalue weighted by molar-refractivity contribution is -0.141. The second kappa shape index (κ2) is 8.65. The number of hydrogen-bond donors (Lipinski definition) is 2. The monoisotopic (exact) mass is 452 g/mol. The quantitative estimate of drug-likeness (QED) is 0.447. The number of esters is 1. The van der Waals surface area contributed by atoms with E-state index in [1.54, 1.807) is 24.3 Å². The van der Waals surface area contributed by atoms with Crippen molar-refractivity contribution < 1.29 is 19.1 Å². The van der Waals surface area contributed by atoms with Gasteiger partial charge >= 0.3 is 11.7 Å². The summed E-state index contributed by atoms with van der Waals surface area (Å²) in [5, 5.41) is 2.35. The van der Waals surface area contributed by atoms with E-state index < -0.39 is 47.6 Å². The molecule has 0 saturated carbocycles. The minimum absolute atomic E-state index is 0.322. The van der Waals surface area contributed by atoms with Crippen molar-refractivity contribution in [1.82, 2.24) is 14.5 Å². The number of benzene rings is 1. The van der Waals surface area contributed by atoms with E-state index in [9.17, 15) is 24.0 Å². The topological polar surface area (TPSA) is 142 Å². The van der Waals surface area contributed by atoms with Crippen molar-refractivity contribution in [3.8, 4) is 0 Å². The SMILES string of the molecule is Cn1c(N)c(C(=O)COC(=O)CNC(=O)c2ccc(Br)cc2)c(=O)n(C)c1=O. The molecule has 11 heteroatoms. The largest absolute Gasteiger partial charge is 0.456 e. The van der Waals surface area contributed by atoms with Crippen LogP contribution in [0.4, 0.5) is 5.82 Å². The molecule has 0 unspecified atom stereocenters. The van der Waals surface area contributed by atoms with Crippen molar-refractivity contribution in [2.45, 2.75) is 0 Å². The Hall–Kier alpha value is -3.21. The summed E-state index contributed by atoms with van der Waals surface area (Å²) >= 11 is 3.24. The molecular formula is C17H17BrN4O6. The summed E-state index contributed by atoms with van der Waals surface area (Å²) in [5.74, 6) is -2.55. The minimum Gasteiger partial charge on any atom is -0.456 e. The highest BCUT2D eigenvalue weighted by molar-refractivity contribution is 9.10. The maximum atomic E-state index is 12.2. The molecule has 1 aromatic carbocycles. The Morgan fingerprint density at radius 1 is 1.11 bits per heavy atom. The number of halogens is 1. The Bertz CT molecular complexity index is 1060. The Morgan fingerprint density at radius 2 is 1.71 bits per heavy atom. The number of carbonyl (C=O) groups excluding carboxylic acids is 3. The molecule has 0 spiro atoms. The standard InChI is InChI=1S/C17H17BrN4O6/c1-21-14(19)13(16(26)22(2)17(21)27)11(23)8-28-12(24)7-20-15(25)9-3-5-10(18)6-4-9/h3-6H,7-8,19H2,1-2H3,(H,20,25). The highest BCUT2D eigenvalue weighted by Gasteiger charge is 2.21. The van der Waals surface area contributed by atoms with E-state index in [0.717, 1.165) is 13.6 Å². The fourth-order valence-electron chi connectivity index (χ4n) is 2.25. The Balaban J connectivity index is 1.97. The number of aromatic nitrogens is 2. The molecule has 1 aromatic heterocycles. The third-order valence-corrected chi connectivity index (χ3v) is 4.38. The van der Waals surface area contributed by atoms with Crippen molar-refractivity contribution in [3.05, 3.63) is 60.7 Å². The molecular weight excluding hydrogens is 436 g/mol. The molecule has 2 aromatic rings. The lowest BCUT2D eigenvalue weighted by Crippen LogP contribution is -2.42. The maximum Gasteiger partial charge on any atom is 0.332 e. The van der Waals surface area contributed by atoms with Gasteiger partial charge in [-0.3, -0.25) is 28.3 Å². The second-order valence-electron chi connectivity index (χ2n) is 5.74. The van der Waals surface area contributed by atoms with Gasteiger partial charge in [-0.05, 0) is 24.3 Å². The zero-order valence-corrected chi connectivity index (χ0v) is 16.6. The predicted octanol–water partition coefficient (Wildman–Crippen LogP) is -0.415. The summed E-state index contributed by atoms with van der Waals surface area (Å²) in [6.45, 7) is -1.23. The maximum absolute atomic E-state index is 12.2. The van der Waals surface area contributed by atoms with E-state index in [4.69, 9.17) is 10.5 Å². The first-order valence-corrected chi connectivity index (χ1v) is 8.70. The molecule has 0 aliphatic heterocycles. The Labute approximate surface area is 167 Å². The lowest BCUT2D eigenvalue weighted by atomic mass is 10.2. The number of anilines is 1. The predicted molar refractivity (Wildman–Crippen MR) is 103 cm³/mol. The average Bonchev–Trinajstić information content (AvgIpc) is 2.68. The van der Waals surface area contributed by atoms with E-state index in [2.05, 4.69) is 21.2 Å². The normalized spacial score (nSPS) is 10.4. The average molecular weight is 453 g/mol. The number of Topliss-reactive ketones (excluding diaryl/α,β-unsaturated/α-hetero) is 1. The van der Waals surface area contributed by atoms with Crippen molar-refractivity contribution in [2.24, 2.45) is 14.1 Å². The number of rotatable bonds is 6. The van der Waals surface area contributed by atoms with E-state index in [-0.39, 0.29) is 5.82 Å². The summed E-state index contributed by atoms with van der Waals surface area (Å²) < 4.78 is 7.24. The van der Waals surface area contributed by atoms with Crippen LogP contribution < -0.4 is 22.3 Å². The fraction of sp³-hybridized carbons (Fsp3) is 0.235. The van der Waals surface area contributed by atoms with E-state index in [1.165, 1.54) is 14.1 Å². The van der Waals surface area contributed by atoms with Gasteiger partial charge in [0.1, 0.15) is 17.9 Å². The van der Waals surface area contributed by atoms with Crippen molar-refractivity contribution in [2.75, 3.05) is 18.9 Å². The molecule has 0 saturated heterocycles. The van der Waals surface area contributed by atoms with Crippen LogP contribution in [0.25, 0.3) is 0 Å². The first-order chi connectivity index (χ1) is 13.1. The number of ketones is 1. The minimum atomic E-state index is -0.884. The zero-order valence-electron chi connectivity index (χ0n) is 15.0. The number of nitrogen functional groups attached to an aromatic ring is 1. The summed E-state index contributed by atoms with van der Waals surface area (Å²) in [5.41, 5.74) is 3.98. The van der Waals surface area contributed by atoms with Gasteiger partial charge in [0, 0.05) is 24.1 Å². The molecule has 1 heterocycles. The van der Waals surface area contributed by atoms with E-state index >= 15 is 0 Å². The van der Waals surface area contributed by atoms with Crippen LogP contribution in [0, 0.1) is 0 Å². The summed E-state index contributed by atoms with van der Waals surface area (Å²) in [7, 11) is 2.50. The molecule has 0 aliphatic carbocycles. The number of hydrogen-bond acceptors (Lipinski definition) is 7. The van der Waals surface area contributed by atoms with Crippen molar-refractivity contribution in [3.63, 3.8) is 0 Å². The Morgan fingerprint density at radius 3 is 2.32 bits per heavy atom. The molecule has 0 fully saturated rings. The molecule has 0 aliphatic rings. The second-order valence-corrected chi connectivity index (χ2v) is 6.66. The van der Waals surface area contributed by atoms with Gasteiger partial charge in [-0.25, -0.2) is 4.79 Å². The zero-order chi connectivity index (χ0) is 21.0. The molecule has 1 amide bonds. The Kier molecular flexibility index (Phi) is 6.52. The van der Waals surface area contributed by atoms with Crippen LogP contribution in [0.3, 0.4) is 0 Å². The number of amides is 1. The molecule has 3 N–H and O–H groups in total. The smallest absolute Gasteiger partial charge is 0.332 e. The van der Waals surface area contributed by atoms with Gasteiger partial charge in [0.25, 0.3) is 11.5 Å². The van der Waals surface area contributed by atoms with Crippen molar-refractivity contribution >= 4 is 39.4 Å². The molecule has 2 rings (SSSR count). The molecule has 0 atom stereocenters. The van der Waals surface area contributed by atoms with Gasteiger partial charge in [-0.1, -0.05) is 15.9 Å². The molecule has 148 valence electrons. The molecule has 0 radical (unpaired) electrons. The van der Waals surface area contributed by atoms with Gasteiger partial charge < -0.3 is 15.8 Å². The van der Waals surface area contributed by atoms with Gasteiger partial charge in [0.05, 0.1) is 0 Å². The fourth-order valence-corrected chi connectivity index (χ4v) is 2.51. The third kappa shape index (κ3) is 4.55. The van der Waals surface area contributed by atoms with Gasteiger partial charge in [0.2, 0.25) is 5.78 Å². The third-order valence-electron chi connectivity index (χ3n) is 3.85. The van der Waals surface area contributed by atoms with Gasteiger partial charge in [-0.15, -0.1) is 0 Å². The lowest BCUT2D eigenvalue weighted by Gasteiger charge is -2.11. The van der Waals surface area contributed by atoms with Gasteiger partial charge in [-0.2, -0.15) is 0 Å².